The predicted molar refractivity (Wildman–Crippen MR) is 121 cm³/mol. The van der Waals surface area contributed by atoms with Crippen LogP contribution in [0.2, 0.25) is 0 Å². The first kappa shape index (κ1) is 21.6. The number of para-hydroxylation sites is 1. The molecule has 1 amide bonds. The van der Waals surface area contributed by atoms with E-state index >= 15 is 0 Å². The van der Waals surface area contributed by atoms with E-state index in [-0.39, 0.29) is 11.2 Å². The summed E-state index contributed by atoms with van der Waals surface area (Å²) in [7, 11) is 0. The Bertz CT molecular complexity index is 1150. The maximum atomic E-state index is 13.2. The van der Waals surface area contributed by atoms with E-state index in [1.165, 1.54) is 11.8 Å². The van der Waals surface area contributed by atoms with Crippen LogP contribution in [0.25, 0.3) is 16.7 Å². The number of carbonyl (C=O) groups is 1. The Morgan fingerprint density at radius 3 is 2.74 bits per heavy atom. The molecule has 4 rings (SSSR count). The Morgan fingerprint density at radius 1 is 1.29 bits per heavy atom. The molecular formula is C22H28N6O2S. The lowest BCUT2D eigenvalue weighted by Gasteiger charge is -2.30. The smallest absolute Gasteiger partial charge is 0.236 e. The average molecular weight is 441 g/mol. The zero-order valence-electron chi connectivity index (χ0n) is 18.1. The Balaban J connectivity index is 1.82. The van der Waals surface area contributed by atoms with E-state index in [0.717, 1.165) is 23.4 Å². The number of nitrogens with zero attached hydrogens (tertiary/aromatic N) is 4. The number of thioether (sulfide) groups is 1. The van der Waals surface area contributed by atoms with Crippen molar-refractivity contribution in [2.24, 2.45) is 0 Å². The third-order valence-electron chi connectivity index (χ3n) is 5.61. The minimum atomic E-state index is -0.289. The van der Waals surface area contributed by atoms with E-state index in [1.54, 1.807) is 0 Å². The number of carbonyl (C=O) groups excluding carboxylic acids is 1. The van der Waals surface area contributed by atoms with Crippen LogP contribution in [0.5, 0.6) is 0 Å². The number of aryl methyl sites for hydroxylation is 2. The molecule has 0 aliphatic carbocycles. The first-order valence-corrected chi connectivity index (χ1v) is 11.6. The lowest BCUT2D eigenvalue weighted by Crippen LogP contribution is -2.44. The van der Waals surface area contributed by atoms with Crippen molar-refractivity contribution in [1.29, 1.82) is 5.41 Å². The van der Waals surface area contributed by atoms with Gasteiger partial charge in [-0.1, -0.05) is 43.8 Å². The molecular weight excluding hydrogens is 412 g/mol. The summed E-state index contributed by atoms with van der Waals surface area (Å²) in [4.78, 5) is 19.9. The molecule has 2 aromatic heterocycles. The molecule has 0 bridgehead atoms. The van der Waals surface area contributed by atoms with Crippen LogP contribution < -0.4 is 5.49 Å². The molecule has 3 heterocycles. The minimum Gasteiger partial charge on any atom is -0.378 e. The van der Waals surface area contributed by atoms with Crippen LogP contribution in [-0.4, -0.2) is 62.1 Å². The first-order chi connectivity index (χ1) is 15.0. The number of hydrogen-bond acceptors (Lipinski definition) is 6. The molecule has 3 aromatic rings. The van der Waals surface area contributed by atoms with E-state index in [1.807, 2.05) is 41.5 Å². The fourth-order valence-corrected chi connectivity index (χ4v) is 4.99. The Hall–Kier alpha value is -2.65. The van der Waals surface area contributed by atoms with Crippen molar-refractivity contribution in [2.75, 3.05) is 26.3 Å². The normalized spacial score (nSPS) is 15.4. The molecule has 1 fully saturated rings. The number of amides is 1. The van der Waals surface area contributed by atoms with Gasteiger partial charge in [-0.3, -0.25) is 19.9 Å². The van der Waals surface area contributed by atoms with Crippen LogP contribution in [0, 0.1) is 12.3 Å². The van der Waals surface area contributed by atoms with Crippen LogP contribution in [0.3, 0.4) is 0 Å². The summed E-state index contributed by atoms with van der Waals surface area (Å²) >= 11 is 1.42. The van der Waals surface area contributed by atoms with Gasteiger partial charge in [0.25, 0.3) is 0 Å². The van der Waals surface area contributed by atoms with Gasteiger partial charge in [-0.15, -0.1) is 0 Å². The first-order valence-electron chi connectivity index (χ1n) is 10.7. The third kappa shape index (κ3) is 4.12. The van der Waals surface area contributed by atoms with E-state index in [2.05, 4.69) is 23.2 Å². The van der Waals surface area contributed by atoms with Gasteiger partial charge >= 0.3 is 0 Å². The van der Waals surface area contributed by atoms with Crippen molar-refractivity contribution < 1.29 is 9.53 Å². The molecule has 1 aromatic carbocycles. The maximum absolute atomic E-state index is 13.2. The number of aromatic amines is 1. The number of fused-ring (bicyclic) bond motifs is 1. The zero-order chi connectivity index (χ0) is 22.0. The Labute approximate surface area is 185 Å². The zero-order valence-corrected chi connectivity index (χ0v) is 19.0. The predicted octanol–water partition coefficient (Wildman–Crippen LogP) is 2.83. The molecule has 164 valence electrons. The highest BCUT2D eigenvalue weighted by Crippen LogP contribution is 2.29. The van der Waals surface area contributed by atoms with Gasteiger partial charge in [-0.25, -0.2) is 4.98 Å². The summed E-state index contributed by atoms with van der Waals surface area (Å²) < 4.78 is 7.26. The van der Waals surface area contributed by atoms with Crippen molar-refractivity contribution in [1.82, 2.24) is 24.6 Å². The summed E-state index contributed by atoms with van der Waals surface area (Å²) in [6.45, 7) is 8.39. The topological polar surface area (TPSA) is 99.9 Å². The fourth-order valence-electron chi connectivity index (χ4n) is 3.88. The highest BCUT2D eigenvalue weighted by atomic mass is 32.2. The van der Waals surface area contributed by atoms with Gasteiger partial charge in [0.15, 0.2) is 10.8 Å². The number of H-pyrrole nitrogens is 1. The quantitative estimate of drug-likeness (QED) is 0.454. The van der Waals surface area contributed by atoms with Crippen molar-refractivity contribution in [3.05, 3.63) is 41.0 Å². The maximum Gasteiger partial charge on any atom is 0.236 e. The standard InChI is InChI=1S/C22H28N6O2S/c1-4-15-8-6-7-9-16(15)28-19(23)18-14(3)25-26-20(18)24-22(28)31-17(5-2)21(29)27-10-12-30-13-11-27/h6-9,17,23H,4-5,10-13H2,1-3H3,(H,25,26)/t17-/m0/s1. The summed E-state index contributed by atoms with van der Waals surface area (Å²) in [5.74, 6) is 0.0952. The SMILES string of the molecule is CCc1ccccc1-n1c(S[C@@H](CC)C(=O)N2CCOCC2)nc2n[nH]c(C)c2c1=N. The number of hydrogen-bond donors (Lipinski definition) is 2. The molecule has 0 radical (unpaired) electrons. The molecule has 1 aliphatic heterocycles. The van der Waals surface area contributed by atoms with Crippen LogP contribution in [0.4, 0.5) is 0 Å². The molecule has 1 atom stereocenters. The third-order valence-corrected chi connectivity index (χ3v) is 6.92. The van der Waals surface area contributed by atoms with Crippen molar-refractivity contribution >= 4 is 28.7 Å². The van der Waals surface area contributed by atoms with Gasteiger partial charge in [-0.05, 0) is 31.4 Å². The summed E-state index contributed by atoms with van der Waals surface area (Å²) in [6, 6.07) is 8.05. The van der Waals surface area contributed by atoms with Gasteiger partial charge in [0.2, 0.25) is 5.91 Å². The van der Waals surface area contributed by atoms with Gasteiger partial charge in [-0.2, -0.15) is 5.10 Å². The second-order valence-corrected chi connectivity index (χ2v) is 8.73. The number of aromatic nitrogens is 4. The van der Waals surface area contributed by atoms with Gasteiger partial charge in [0.05, 0.1) is 29.5 Å². The summed E-state index contributed by atoms with van der Waals surface area (Å²) in [5.41, 5.74) is 3.68. The second-order valence-electron chi connectivity index (χ2n) is 7.56. The molecule has 1 aliphatic rings. The largest absolute Gasteiger partial charge is 0.378 e. The fraction of sp³-hybridized carbons (Fsp3) is 0.455. The molecule has 0 spiro atoms. The van der Waals surface area contributed by atoms with E-state index < -0.39 is 0 Å². The van der Waals surface area contributed by atoms with Crippen molar-refractivity contribution in [3.63, 3.8) is 0 Å². The Morgan fingerprint density at radius 2 is 2.03 bits per heavy atom. The van der Waals surface area contributed by atoms with E-state index in [0.29, 0.717) is 54.4 Å². The Kier molecular flexibility index (Phi) is 6.43. The lowest BCUT2D eigenvalue weighted by atomic mass is 10.1. The number of morpholine rings is 1. The van der Waals surface area contributed by atoms with E-state index in [9.17, 15) is 4.79 Å². The number of nitrogens with one attached hydrogen (secondary N) is 2. The number of rotatable bonds is 6. The molecule has 2 N–H and O–H groups in total. The lowest BCUT2D eigenvalue weighted by molar-refractivity contribution is -0.134. The summed E-state index contributed by atoms with van der Waals surface area (Å²) in [6.07, 6.45) is 1.50. The molecule has 8 nitrogen and oxygen atoms in total. The van der Waals surface area contributed by atoms with E-state index in [4.69, 9.17) is 15.1 Å². The van der Waals surface area contributed by atoms with Crippen molar-refractivity contribution in [3.8, 4) is 5.69 Å². The van der Waals surface area contributed by atoms with Crippen LogP contribution in [0.15, 0.2) is 29.4 Å². The number of benzene rings is 1. The number of ether oxygens (including phenoxy) is 1. The van der Waals surface area contributed by atoms with Gasteiger partial charge in [0.1, 0.15) is 5.49 Å². The highest BCUT2D eigenvalue weighted by Gasteiger charge is 2.28. The molecule has 0 unspecified atom stereocenters. The summed E-state index contributed by atoms with van der Waals surface area (Å²) in [5, 5.41) is 17.2. The second kappa shape index (κ2) is 9.23. The monoisotopic (exact) mass is 440 g/mol. The molecule has 0 saturated carbocycles. The van der Waals surface area contributed by atoms with Crippen molar-refractivity contribution in [2.45, 2.75) is 44.0 Å². The van der Waals surface area contributed by atoms with Crippen LogP contribution >= 0.6 is 11.8 Å². The minimum absolute atomic E-state index is 0.0952. The highest BCUT2D eigenvalue weighted by molar-refractivity contribution is 8.00. The molecule has 9 heteroatoms. The van der Waals surface area contributed by atoms with Gasteiger partial charge in [0, 0.05) is 18.8 Å². The van der Waals surface area contributed by atoms with Crippen LogP contribution in [-0.2, 0) is 16.0 Å². The van der Waals surface area contributed by atoms with Crippen LogP contribution in [0.1, 0.15) is 31.5 Å². The molecule has 31 heavy (non-hydrogen) atoms. The molecule has 1 saturated heterocycles. The average Bonchev–Trinajstić information content (AvgIpc) is 3.18. The van der Waals surface area contributed by atoms with Gasteiger partial charge < -0.3 is 9.64 Å².